The standard InChI is InChI=1S/C13H15NO5/c1-19-10-4-2-3-9(7-10)5-6-12(16)14-11(8-15)13(17)18/h2-7,11,15H,8H2,1H3,(H,14,16)(H,17,18)/b6-5+. The van der Waals surface area contributed by atoms with E-state index in [0.717, 1.165) is 5.56 Å². The smallest absolute Gasteiger partial charge is 0.328 e. The summed E-state index contributed by atoms with van der Waals surface area (Å²) in [5.41, 5.74) is 0.741. The number of carboxylic acids is 1. The molecule has 6 nitrogen and oxygen atoms in total. The van der Waals surface area contributed by atoms with Crippen molar-refractivity contribution >= 4 is 18.0 Å². The van der Waals surface area contributed by atoms with Crippen molar-refractivity contribution in [3.8, 4) is 5.75 Å². The molecule has 1 rings (SSSR count). The Balaban J connectivity index is 2.65. The van der Waals surface area contributed by atoms with Crippen LogP contribution >= 0.6 is 0 Å². The Labute approximate surface area is 110 Å². The third-order valence-corrected chi connectivity index (χ3v) is 2.32. The summed E-state index contributed by atoms with van der Waals surface area (Å²) in [7, 11) is 1.54. The van der Waals surface area contributed by atoms with Gasteiger partial charge in [0.2, 0.25) is 5.91 Å². The van der Waals surface area contributed by atoms with E-state index in [4.69, 9.17) is 14.9 Å². The van der Waals surface area contributed by atoms with Crippen LogP contribution in [0.2, 0.25) is 0 Å². The fourth-order valence-electron chi connectivity index (χ4n) is 1.32. The van der Waals surface area contributed by atoms with E-state index < -0.39 is 24.5 Å². The predicted octanol–water partition coefficient (Wildman–Crippen LogP) is 0.270. The lowest BCUT2D eigenvalue weighted by Gasteiger charge is -2.09. The lowest BCUT2D eigenvalue weighted by molar-refractivity contribution is -0.142. The van der Waals surface area contributed by atoms with Crippen LogP contribution in [-0.4, -0.2) is 41.8 Å². The van der Waals surface area contributed by atoms with Crippen LogP contribution in [0.4, 0.5) is 0 Å². The molecule has 0 spiro atoms. The number of methoxy groups -OCH3 is 1. The van der Waals surface area contributed by atoms with Gasteiger partial charge >= 0.3 is 5.97 Å². The molecule has 3 N–H and O–H groups in total. The van der Waals surface area contributed by atoms with Gasteiger partial charge in [-0.25, -0.2) is 4.79 Å². The van der Waals surface area contributed by atoms with Crippen molar-refractivity contribution < 1.29 is 24.5 Å². The molecule has 0 aliphatic rings. The molecule has 0 fully saturated rings. The highest BCUT2D eigenvalue weighted by atomic mass is 16.5. The minimum absolute atomic E-state index is 0.593. The molecule has 19 heavy (non-hydrogen) atoms. The number of carbonyl (C=O) groups is 2. The molecule has 0 aliphatic heterocycles. The summed E-state index contributed by atoms with van der Waals surface area (Å²) in [6.07, 6.45) is 2.72. The highest BCUT2D eigenvalue weighted by Gasteiger charge is 2.16. The third-order valence-electron chi connectivity index (χ3n) is 2.32. The molecule has 0 aromatic heterocycles. The summed E-state index contributed by atoms with van der Waals surface area (Å²) >= 11 is 0. The minimum Gasteiger partial charge on any atom is -0.497 e. The van der Waals surface area contributed by atoms with Gasteiger partial charge in [0.1, 0.15) is 5.75 Å². The van der Waals surface area contributed by atoms with Crippen molar-refractivity contribution in [2.45, 2.75) is 6.04 Å². The highest BCUT2D eigenvalue weighted by molar-refractivity contribution is 5.94. The fraction of sp³-hybridized carbons (Fsp3) is 0.231. The lowest BCUT2D eigenvalue weighted by Crippen LogP contribution is -2.42. The average Bonchev–Trinajstić information content (AvgIpc) is 2.42. The van der Waals surface area contributed by atoms with Crippen LogP contribution in [0.3, 0.4) is 0 Å². The number of aliphatic hydroxyl groups excluding tert-OH is 1. The number of hydrogen-bond donors (Lipinski definition) is 3. The van der Waals surface area contributed by atoms with E-state index in [2.05, 4.69) is 5.32 Å². The fourth-order valence-corrected chi connectivity index (χ4v) is 1.32. The molecule has 0 aliphatic carbocycles. The Morgan fingerprint density at radius 2 is 2.21 bits per heavy atom. The number of nitrogens with one attached hydrogen (secondary N) is 1. The molecule has 1 atom stereocenters. The molecule has 6 heteroatoms. The maximum absolute atomic E-state index is 11.4. The van der Waals surface area contributed by atoms with E-state index >= 15 is 0 Å². The van der Waals surface area contributed by atoms with Crippen LogP contribution in [0.1, 0.15) is 5.56 Å². The topological polar surface area (TPSA) is 95.9 Å². The van der Waals surface area contributed by atoms with Crippen molar-refractivity contribution in [1.29, 1.82) is 0 Å². The number of benzene rings is 1. The number of carboxylic acid groups (broad SMARTS) is 1. The van der Waals surface area contributed by atoms with Crippen LogP contribution in [0, 0.1) is 0 Å². The van der Waals surface area contributed by atoms with Crippen molar-refractivity contribution in [2.24, 2.45) is 0 Å². The van der Waals surface area contributed by atoms with Crippen molar-refractivity contribution in [1.82, 2.24) is 5.32 Å². The van der Waals surface area contributed by atoms with Gasteiger partial charge < -0.3 is 20.3 Å². The van der Waals surface area contributed by atoms with Gasteiger partial charge in [-0.15, -0.1) is 0 Å². The van der Waals surface area contributed by atoms with Crippen LogP contribution in [-0.2, 0) is 9.59 Å². The molecular weight excluding hydrogens is 250 g/mol. The number of carbonyl (C=O) groups excluding carboxylic acids is 1. The third kappa shape index (κ3) is 4.81. The van der Waals surface area contributed by atoms with Crippen LogP contribution in [0.5, 0.6) is 5.75 Å². The minimum atomic E-state index is -1.30. The molecule has 102 valence electrons. The van der Waals surface area contributed by atoms with Gasteiger partial charge in [0, 0.05) is 6.08 Å². The van der Waals surface area contributed by atoms with Gasteiger partial charge in [0.05, 0.1) is 13.7 Å². The SMILES string of the molecule is COc1cccc(/C=C/C(=O)NC(CO)C(=O)O)c1. The number of aliphatic carboxylic acids is 1. The monoisotopic (exact) mass is 265 g/mol. The first-order chi connectivity index (χ1) is 9.06. The molecule has 0 saturated carbocycles. The first kappa shape index (κ1) is 14.7. The zero-order chi connectivity index (χ0) is 14.3. The van der Waals surface area contributed by atoms with E-state index in [-0.39, 0.29) is 0 Å². The summed E-state index contributed by atoms with van der Waals surface area (Å²) in [5.74, 6) is -1.23. The van der Waals surface area contributed by atoms with Gasteiger partial charge in [0.15, 0.2) is 6.04 Å². The van der Waals surface area contributed by atoms with Crippen molar-refractivity contribution in [3.05, 3.63) is 35.9 Å². The van der Waals surface area contributed by atoms with Crippen molar-refractivity contribution in [2.75, 3.05) is 13.7 Å². The molecule has 1 unspecified atom stereocenters. The Kier molecular flexibility index (Phi) is 5.56. The van der Waals surface area contributed by atoms with Gasteiger partial charge in [0.25, 0.3) is 0 Å². The van der Waals surface area contributed by atoms with Crippen molar-refractivity contribution in [3.63, 3.8) is 0 Å². The lowest BCUT2D eigenvalue weighted by atomic mass is 10.2. The number of rotatable bonds is 6. The zero-order valence-electron chi connectivity index (χ0n) is 10.4. The van der Waals surface area contributed by atoms with Crippen LogP contribution < -0.4 is 10.1 Å². The van der Waals surface area contributed by atoms with Gasteiger partial charge in [-0.1, -0.05) is 12.1 Å². The molecule has 1 amide bonds. The van der Waals surface area contributed by atoms with Gasteiger partial charge in [-0.2, -0.15) is 0 Å². The normalized spacial score (nSPS) is 12.1. The molecule has 0 bridgehead atoms. The molecule has 0 radical (unpaired) electrons. The quantitative estimate of drug-likeness (QED) is 0.642. The second-order valence-electron chi connectivity index (χ2n) is 3.69. The highest BCUT2D eigenvalue weighted by Crippen LogP contribution is 2.13. The van der Waals surface area contributed by atoms with E-state index in [1.165, 1.54) is 19.3 Å². The largest absolute Gasteiger partial charge is 0.497 e. The molecule has 1 aromatic carbocycles. The number of hydrogen-bond acceptors (Lipinski definition) is 4. The maximum atomic E-state index is 11.4. The zero-order valence-corrected chi connectivity index (χ0v) is 10.4. The second kappa shape index (κ2) is 7.17. The van der Waals surface area contributed by atoms with Crippen LogP contribution in [0.25, 0.3) is 6.08 Å². The summed E-state index contributed by atoms with van der Waals surface area (Å²) in [4.78, 5) is 22.0. The Morgan fingerprint density at radius 3 is 2.79 bits per heavy atom. The van der Waals surface area contributed by atoms with Gasteiger partial charge in [-0.05, 0) is 23.8 Å². The molecule has 0 heterocycles. The van der Waals surface area contributed by atoms with E-state index in [1.54, 1.807) is 24.3 Å². The summed E-state index contributed by atoms with van der Waals surface area (Å²) in [6, 6.07) is 5.73. The number of amides is 1. The Bertz CT molecular complexity index is 484. The first-order valence-corrected chi connectivity index (χ1v) is 5.53. The van der Waals surface area contributed by atoms with E-state index in [1.807, 2.05) is 0 Å². The number of aliphatic hydroxyl groups is 1. The summed E-state index contributed by atoms with van der Waals surface area (Å²) in [5, 5.41) is 19.6. The Hall–Kier alpha value is -2.34. The summed E-state index contributed by atoms with van der Waals surface area (Å²) < 4.78 is 5.03. The molecule has 1 aromatic rings. The molecular formula is C13H15NO5. The van der Waals surface area contributed by atoms with Gasteiger partial charge in [-0.3, -0.25) is 4.79 Å². The Morgan fingerprint density at radius 1 is 1.47 bits per heavy atom. The van der Waals surface area contributed by atoms with Crippen LogP contribution in [0.15, 0.2) is 30.3 Å². The number of ether oxygens (including phenoxy) is 1. The first-order valence-electron chi connectivity index (χ1n) is 5.53. The predicted molar refractivity (Wildman–Crippen MR) is 68.7 cm³/mol. The molecule has 0 saturated heterocycles. The van der Waals surface area contributed by atoms with E-state index in [0.29, 0.717) is 5.75 Å². The second-order valence-corrected chi connectivity index (χ2v) is 3.69. The summed E-state index contributed by atoms with van der Waals surface area (Å²) in [6.45, 7) is -0.659. The average molecular weight is 265 g/mol. The maximum Gasteiger partial charge on any atom is 0.328 e. The van der Waals surface area contributed by atoms with E-state index in [9.17, 15) is 9.59 Å².